The molecule has 0 unspecified atom stereocenters. The number of benzene rings is 1. The van der Waals surface area contributed by atoms with Gasteiger partial charge in [-0.15, -0.1) is 0 Å². The van der Waals surface area contributed by atoms with Gasteiger partial charge in [-0.1, -0.05) is 31.5 Å². The molecule has 4 nitrogen and oxygen atoms in total. The molecule has 0 radical (unpaired) electrons. The van der Waals surface area contributed by atoms with Gasteiger partial charge in [0, 0.05) is 18.5 Å². The lowest BCUT2D eigenvalue weighted by Crippen LogP contribution is -2.25. The SMILES string of the molecule is Cc1cccc(-c2nc(CCCC(=O)NCCC(C)C)c(C)o2)c1. The van der Waals surface area contributed by atoms with Crippen molar-refractivity contribution in [1.29, 1.82) is 0 Å². The van der Waals surface area contributed by atoms with Crippen LogP contribution in [0.1, 0.15) is 50.1 Å². The molecule has 0 fully saturated rings. The third-order valence-corrected chi connectivity index (χ3v) is 4.02. The highest BCUT2D eigenvalue weighted by Gasteiger charge is 2.12. The summed E-state index contributed by atoms with van der Waals surface area (Å²) in [6.45, 7) is 9.07. The summed E-state index contributed by atoms with van der Waals surface area (Å²) in [7, 11) is 0. The fourth-order valence-electron chi connectivity index (χ4n) is 2.57. The maximum absolute atomic E-state index is 11.8. The molecule has 1 amide bonds. The minimum Gasteiger partial charge on any atom is -0.441 e. The van der Waals surface area contributed by atoms with E-state index in [1.54, 1.807) is 0 Å². The molecule has 0 aliphatic rings. The molecule has 1 N–H and O–H groups in total. The Morgan fingerprint density at radius 3 is 2.79 bits per heavy atom. The molecule has 0 aliphatic heterocycles. The Hall–Kier alpha value is -2.10. The topological polar surface area (TPSA) is 55.1 Å². The second kappa shape index (κ2) is 8.67. The number of nitrogens with zero attached hydrogens (tertiary/aromatic N) is 1. The molecule has 1 heterocycles. The molecule has 2 rings (SSSR count). The van der Waals surface area contributed by atoms with Crippen molar-refractivity contribution in [3.8, 4) is 11.5 Å². The zero-order valence-electron chi connectivity index (χ0n) is 15.2. The normalized spacial score (nSPS) is 11.0. The van der Waals surface area contributed by atoms with Crippen LogP contribution < -0.4 is 5.32 Å². The Morgan fingerprint density at radius 1 is 1.29 bits per heavy atom. The largest absolute Gasteiger partial charge is 0.441 e. The molecule has 130 valence electrons. The fraction of sp³-hybridized carbons (Fsp3) is 0.500. The number of carbonyl (C=O) groups excluding carboxylic acids is 1. The van der Waals surface area contributed by atoms with Crippen molar-refractivity contribution >= 4 is 5.91 Å². The molecule has 0 saturated carbocycles. The highest BCUT2D eigenvalue weighted by molar-refractivity contribution is 5.75. The molecule has 0 spiro atoms. The monoisotopic (exact) mass is 328 g/mol. The number of aromatic nitrogens is 1. The average Bonchev–Trinajstić information content (AvgIpc) is 2.88. The Balaban J connectivity index is 1.84. The van der Waals surface area contributed by atoms with Crippen LogP contribution in [0.4, 0.5) is 0 Å². The van der Waals surface area contributed by atoms with Crippen LogP contribution in [0.2, 0.25) is 0 Å². The first-order valence-corrected chi connectivity index (χ1v) is 8.75. The highest BCUT2D eigenvalue weighted by Crippen LogP contribution is 2.23. The summed E-state index contributed by atoms with van der Waals surface area (Å²) in [5, 5.41) is 2.97. The lowest BCUT2D eigenvalue weighted by Gasteiger charge is -2.06. The molecule has 0 aliphatic carbocycles. The number of hydrogen-bond acceptors (Lipinski definition) is 3. The van der Waals surface area contributed by atoms with Crippen molar-refractivity contribution in [1.82, 2.24) is 10.3 Å². The summed E-state index contributed by atoms with van der Waals surface area (Å²) >= 11 is 0. The first kappa shape index (κ1) is 18.2. The van der Waals surface area contributed by atoms with E-state index in [2.05, 4.69) is 43.2 Å². The Kier molecular flexibility index (Phi) is 6.59. The minimum atomic E-state index is 0.121. The molecule has 1 aromatic heterocycles. The summed E-state index contributed by atoms with van der Waals surface area (Å²) in [4.78, 5) is 16.4. The maximum atomic E-state index is 11.8. The van der Waals surface area contributed by atoms with Gasteiger partial charge in [-0.05, 0) is 51.2 Å². The maximum Gasteiger partial charge on any atom is 0.226 e. The number of rotatable bonds is 8. The van der Waals surface area contributed by atoms with Gasteiger partial charge in [-0.25, -0.2) is 4.98 Å². The standard InChI is InChI=1S/C20H28N2O2/c1-14(2)11-12-21-19(23)10-6-9-18-16(4)24-20(22-18)17-8-5-7-15(3)13-17/h5,7-8,13-14H,6,9-12H2,1-4H3,(H,21,23). The van der Waals surface area contributed by atoms with Crippen molar-refractivity contribution in [3.63, 3.8) is 0 Å². The van der Waals surface area contributed by atoms with E-state index in [0.29, 0.717) is 18.2 Å². The first-order chi connectivity index (χ1) is 11.5. The molecule has 24 heavy (non-hydrogen) atoms. The molecule has 0 saturated heterocycles. The van der Waals surface area contributed by atoms with Crippen LogP contribution in [0.25, 0.3) is 11.5 Å². The van der Waals surface area contributed by atoms with E-state index in [4.69, 9.17) is 4.42 Å². The van der Waals surface area contributed by atoms with Gasteiger partial charge in [0.15, 0.2) is 0 Å². The quantitative estimate of drug-likeness (QED) is 0.779. The summed E-state index contributed by atoms with van der Waals surface area (Å²) in [6, 6.07) is 8.13. The van der Waals surface area contributed by atoms with Crippen LogP contribution in [-0.4, -0.2) is 17.4 Å². The number of hydrogen-bond donors (Lipinski definition) is 1. The second-order valence-corrected chi connectivity index (χ2v) is 6.78. The number of amides is 1. The van der Waals surface area contributed by atoms with Gasteiger partial charge in [0.2, 0.25) is 11.8 Å². The van der Waals surface area contributed by atoms with Gasteiger partial charge in [-0.2, -0.15) is 0 Å². The smallest absolute Gasteiger partial charge is 0.226 e. The van der Waals surface area contributed by atoms with E-state index in [-0.39, 0.29) is 5.91 Å². The van der Waals surface area contributed by atoms with Crippen LogP contribution in [0, 0.1) is 19.8 Å². The van der Waals surface area contributed by atoms with Crippen LogP contribution in [0.5, 0.6) is 0 Å². The lowest BCUT2D eigenvalue weighted by atomic mass is 10.1. The summed E-state index contributed by atoms with van der Waals surface area (Å²) in [6.07, 6.45) is 3.10. The second-order valence-electron chi connectivity index (χ2n) is 6.78. The molecule has 4 heteroatoms. The van der Waals surface area contributed by atoms with Gasteiger partial charge in [0.1, 0.15) is 5.76 Å². The van der Waals surface area contributed by atoms with Crippen LogP contribution >= 0.6 is 0 Å². The fourth-order valence-corrected chi connectivity index (χ4v) is 2.57. The van der Waals surface area contributed by atoms with Crippen LogP contribution in [0.15, 0.2) is 28.7 Å². The van der Waals surface area contributed by atoms with Gasteiger partial charge < -0.3 is 9.73 Å². The van der Waals surface area contributed by atoms with E-state index in [0.717, 1.165) is 42.8 Å². The molecule has 0 atom stereocenters. The van der Waals surface area contributed by atoms with Crippen molar-refractivity contribution in [2.45, 2.75) is 53.4 Å². The van der Waals surface area contributed by atoms with Crippen LogP contribution in [-0.2, 0) is 11.2 Å². The highest BCUT2D eigenvalue weighted by atomic mass is 16.4. The van der Waals surface area contributed by atoms with Crippen LogP contribution in [0.3, 0.4) is 0 Å². The minimum absolute atomic E-state index is 0.121. The van der Waals surface area contributed by atoms with Crippen molar-refractivity contribution in [2.75, 3.05) is 6.54 Å². The number of oxazole rings is 1. The number of carbonyl (C=O) groups is 1. The Labute approximate surface area is 144 Å². The summed E-state index contributed by atoms with van der Waals surface area (Å²) < 4.78 is 5.79. The van der Waals surface area contributed by atoms with Gasteiger partial charge >= 0.3 is 0 Å². The van der Waals surface area contributed by atoms with Gasteiger partial charge in [0.25, 0.3) is 0 Å². The summed E-state index contributed by atoms with van der Waals surface area (Å²) in [5.74, 6) is 2.23. The van der Waals surface area contributed by atoms with E-state index in [1.807, 2.05) is 19.1 Å². The molecule has 2 aromatic rings. The van der Waals surface area contributed by atoms with Crippen molar-refractivity contribution in [2.24, 2.45) is 5.92 Å². The third-order valence-electron chi connectivity index (χ3n) is 4.02. The predicted octanol–water partition coefficient (Wildman–Crippen LogP) is 4.44. The first-order valence-electron chi connectivity index (χ1n) is 8.75. The van der Waals surface area contributed by atoms with E-state index < -0.39 is 0 Å². The molecular formula is C20H28N2O2. The third kappa shape index (κ3) is 5.52. The van der Waals surface area contributed by atoms with E-state index in [9.17, 15) is 4.79 Å². The predicted molar refractivity (Wildman–Crippen MR) is 96.8 cm³/mol. The lowest BCUT2D eigenvalue weighted by molar-refractivity contribution is -0.121. The van der Waals surface area contributed by atoms with E-state index in [1.165, 1.54) is 5.56 Å². The van der Waals surface area contributed by atoms with Crippen molar-refractivity contribution in [3.05, 3.63) is 41.3 Å². The van der Waals surface area contributed by atoms with Gasteiger partial charge in [-0.3, -0.25) is 4.79 Å². The van der Waals surface area contributed by atoms with E-state index >= 15 is 0 Å². The average molecular weight is 328 g/mol. The molecular weight excluding hydrogens is 300 g/mol. The summed E-state index contributed by atoms with van der Waals surface area (Å²) in [5.41, 5.74) is 3.13. The zero-order valence-corrected chi connectivity index (χ0v) is 15.2. The van der Waals surface area contributed by atoms with Gasteiger partial charge in [0.05, 0.1) is 5.69 Å². The molecule has 1 aromatic carbocycles. The number of nitrogens with one attached hydrogen (secondary N) is 1. The Bertz CT molecular complexity index is 674. The van der Waals surface area contributed by atoms with Crippen molar-refractivity contribution < 1.29 is 9.21 Å². The zero-order chi connectivity index (χ0) is 17.5. The number of aryl methyl sites for hydroxylation is 3. The molecule has 0 bridgehead atoms. The Morgan fingerprint density at radius 2 is 2.08 bits per heavy atom.